The van der Waals surface area contributed by atoms with Crippen LogP contribution in [0.3, 0.4) is 0 Å². The molecule has 4 aromatic carbocycles. The van der Waals surface area contributed by atoms with E-state index in [1.165, 1.54) is 23.3 Å². The van der Waals surface area contributed by atoms with Crippen molar-refractivity contribution in [1.29, 1.82) is 0 Å². The van der Waals surface area contributed by atoms with Crippen molar-refractivity contribution in [1.82, 2.24) is 14.7 Å². The predicted octanol–water partition coefficient (Wildman–Crippen LogP) is 7.13. The largest absolute Gasteiger partial charge is 0.368 e. The van der Waals surface area contributed by atoms with Gasteiger partial charge in [-0.25, -0.2) is 19.1 Å². The summed E-state index contributed by atoms with van der Waals surface area (Å²) < 4.78 is 15.6. The van der Waals surface area contributed by atoms with Crippen LogP contribution in [0.5, 0.6) is 0 Å². The number of hydrogen-bond donors (Lipinski definition) is 0. The van der Waals surface area contributed by atoms with Gasteiger partial charge in [0.1, 0.15) is 5.82 Å². The fraction of sp³-hybridized carbons (Fsp3) is 0.194. The van der Waals surface area contributed by atoms with E-state index in [0.29, 0.717) is 0 Å². The van der Waals surface area contributed by atoms with Crippen molar-refractivity contribution in [2.75, 3.05) is 36.0 Å². The Hall–Kier alpha value is -5.24. The van der Waals surface area contributed by atoms with Gasteiger partial charge >= 0.3 is 0 Å². The summed E-state index contributed by atoms with van der Waals surface area (Å²) in [5, 5.41) is 5.05. The van der Waals surface area contributed by atoms with Crippen LogP contribution in [0.1, 0.15) is 28.4 Å². The molecule has 0 saturated carbocycles. The number of aromatic nitrogens is 2. The van der Waals surface area contributed by atoms with Crippen LogP contribution >= 0.6 is 0 Å². The first-order chi connectivity index (χ1) is 21.5. The van der Waals surface area contributed by atoms with E-state index in [9.17, 15) is 4.39 Å². The number of aliphatic imine (C=N–C) groups is 2. The molecular formula is C36H32FN7. The minimum absolute atomic E-state index is 0.136. The van der Waals surface area contributed by atoms with Crippen molar-refractivity contribution in [3.05, 3.63) is 131 Å². The zero-order chi connectivity index (χ0) is 29.8. The highest BCUT2D eigenvalue weighted by atomic mass is 19.1. The molecule has 7 nitrogen and oxygen atoms in total. The minimum atomic E-state index is -0.217. The third kappa shape index (κ3) is 4.37. The summed E-state index contributed by atoms with van der Waals surface area (Å²) >= 11 is 0. The predicted molar refractivity (Wildman–Crippen MR) is 175 cm³/mol. The van der Waals surface area contributed by atoms with E-state index in [0.717, 1.165) is 77.7 Å². The Kier molecular flexibility index (Phi) is 6.29. The third-order valence-corrected chi connectivity index (χ3v) is 8.79. The molecule has 0 radical (unpaired) electrons. The van der Waals surface area contributed by atoms with Crippen LogP contribution < -0.4 is 9.80 Å². The Balaban J connectivity index is 1.27. The van der Waals surface area contributed by atoms with Crippen molar-refractivity contribution in [3.8, 4) is 5.69 Å². The summed E-state index contributed by atoms with van der Waals surface area (Å²) in [4.78, 5) is 17.7. The number of anilines is 2. The van der Waals surface area contributed by atoms with E-state index in [1.807, 2.05) is 41.1 Å². The van der Waals surface area contributed by atoms with Gasteiger partial charge in [-0.2, -0.15) is 5.10 Å². The van der Waals surface area contributed by atoms with Gasteiger partial charge in [-0.15, -0.1) is 0 Å². The number of amidine groups is 2. The monoisotopic (exact) mass is 581 g/mol. The lowest BCUT2D eigenvalue weighted by Gasteiger charge is -2.44. The number of hydrogen-bond acceptors (Lipinski definition) is 6. The molecule has 1 atom stereocenters. The first kappa shape index (κ1) is 26.4. The van der Waals surface area contributed by atoms with E-state index in [-0.39, 0.29) is 11.9 Å². The quantitative estimate of drug-likeness (QED) is 0.227. The third-order valence-electron chi connectivity index (χ3n) is 8.79. The summed E-state index contributed by atoms with van der Waals surface area (Å²) in [5.41, 5.74) is 8.40. The number of nitrogens with zero attached hydrogens (tertiary/aromatic N) is 7. The lowest BCUT2D eigenvalue weighted by atomic mass is 9.92. The molecule has 0 unspecified atom stereocenters. The Bertz CT molecular complexity index is 1900. The average molecular weight is 582 g/mol. The lowest BCUT2D eigenvalue weighted by Crippen LogP contribution is -2.55. The zero-order valence-corrected chi connectivity index (χ0v) is 24.7. The summed E-state index contributed by atoms with van der Waals surface area (Å²) in [6, 6.07) is 34.0. The average Bonchev–Trinajstić information content (AvgIpc) is 3.40. The molecule has 5 aromatic rings. The van der Waals surface area contributed by atoms with Crippen LogP contribution in [0.4, 0.5) is 27.3 Å². The standard InChI is InChI=1S/C36H32FN7/c1-24-12-14-26(15-13-24)33-32-25(2)40-44(29-8-4-3-5-9-29)34(32)39-36-35(38-30-10-6-7-11-31(30)43(33)36)42-22-20-41(21-23-42)28-18-16-27(37)17-19-28/h3-19,33H,20-23H2,1-2H3/t33-/m1/s1. The number of rotatable bonds is 3. The highest BCUT2D eigenvalue weighted by molar-refractivity contribution is 6.48. The van der Waals surface area contributed by atoms with Gasteiger partial charge in [-0.1, -0.05) is 60.2 Å². The molecule has 0 spiro atoms. The topological polar surface area (TPSA) is 52.3 Å². The Morgan fingerprint density at radius 1 is 0.659 bits per heavy atom. The highest BCUT2D eigenvalue weighted by Gasteiger charge is 2.42. The van der Waals surface area contributed by atoms with Gasteiger partial charge in [-0.3, -0.25) is 0 Å². The van der Waals surface area contributed by atoms with Gasteiger partial charge in [0.25, 0.3) is 0 Å². The van der Waals surface area contributed by atoms with E-state index in [4.69, 9.17) is 15.1 Å². The molecule has 4 heterocycles. The molecule has 3 aliphatic rings. The van der Waals surface area contributed by atoms with Crippen molar-refractivity contribution >= 4 is 34.6 Å². The van der Waals surface area contributed by atoms with E-state index >= 15 is 0 Å². The molecule has 0 aliphatic carbocycles. The maximum absolute atomic E-state index is 13.6. The molecule has 8 rings (SSSR count). The van der Waals surface area contributed by atoms with Crippen LogP contribution in [0.25, 0.3) is 5.69 Å². The number of fused-ring (bicyclic) bond motifs is 4. The number of benzene rings is 4. The van der Waals surface area contributed by atoms with E-state index in [1.54, 1.807) is 0 Å². The second-order valence-corrected chi connectivity index (χ2v) is 11.6. The van der Waals surface area contributed by atoms with Gasteiger partial charge in [0.2, 0.25) is 0 Å². The van der Waals surface area contributed by atoms with E-state index < -0.39 is 0 Å². The van der Waals surface area contributed by atoms with Crippen molar-refractivity contribution in [2.24, 2.45) is 9.98 Å². The molecule has 0 amide bonds. The first-order valence-corrected chi connectivity index (χ1v) is 15.1. The van der Waals surface area contributed by atoms with Crippen LogP contribution in [0.15, 0.2) is 113 Å². The van der Waals surface area contributed by atoms with Crippen LogP contribution in [-0.2, 0) is 0 Å². The molecule has 1 fully saturated rings. The molecule has 0 N–H and O–H groups in total. The van der Waals surface area contributed by atoms with Crippen LogP contribution in [-0.4, -0.2) is 52.5 Å². The molecule has 44 heavy (non-hydrogen) atoms. The Morgan fingerprint density at radius 2 is 1.34 bits per heavy atom. The van der Waals surface area contributed by atoms with Crippen LogP contribution in [0.2, 0.25) is 0 Å². The van der Waals surface area contributed by atoms with Crippen molar-refractivity contribution in [3.63, 3.8) is 0 Å². The molecule has 3 aliphatic heterocycles. The summed E-state index contributed by atoms with van der Waals surface area (Å²) in [6.07, 6.45) is 0. The smallest absolute Gasteiger partial charge is 0.179 e. The molecule has 218 valence electrons. The molecule has 1 saturated heterocycles. The lowest BCUT2D eigenvalue weighted by molar-refractivity contribution is 0.389. The normalized spacial score (nSPS) is 17.4. The molecule has 8 heteroatoms. The van der Waals surface area contributed by atoms with Gasteiger partial charge < -0.3 is 14.7 Å². The van der Waals surface area contributed by atoms with Gasteiger partial charge in [0, 0.05) is 37.4 Å². The zero-order valence-electron chi connectivity index (χ0n) is 24.7. The Labute approximate surface area is 256 Å². The second kappa shape index (κ2) is 10.5. The minimum Gasteiger partial charge on any atom is -0.368 e. The summed E-state index contributed by atoms with van der Waals surface area (Å²) in [7, 11) is 0. The van der Waals surface area contributed by atoms with E-state index in [2.05, 4.69) is 83.1 Å². The van der Waals surface area contributed by atoms with Crippen molar-refractivity contribution in [2.45, 2.75) is 19.9 Å². The second-order valence-electron chi connectivity index (χ2n) is 11.6. The summed E-state index contributed by atoms with van der Waals surface area (Å²) in [6.45, 7) is 7.34. The fourth-order valence-corrected chi connectivity index (χ4v) is 6.55. The number of piperazine rings is 1. The van der Waals surface area contributed by atoms with Crippen molar-refractivity contribution < 1.29 is 4.39 Å². The molecule has 0 bridgehead atoms. The first-order valence-electron chi connectivity index (χ1n) is 15.1. The maximum atomic E-state index is 13.6. The van der Waals surface area contributed by atoms with Gasteiger partial charge in [0.05, 0.1) is 28.8 Å². The fourth-order valence-electron chi connectivity index (χ4n) is 6.55. The summed E-state index contributed by atoms with van der Waals surface area (Å²) in [5.74, 6) is 2.31. The maximum Gasteiger partial charge on any atom is 0.179 e. The molecular weight excluding hydrogens is 549 g/mol. The number of para-hydroxylation sites is 3. The molecule has 1 aromatic heterocycles. The number of aryl methyl sites for hydroxylation is 2. The number of halogens is 1. The highest BCUT2D eigenvalue weighted by Crippen LogP contribution is 2.48. The Morgan fingerprint density at radius 3 is 2.09 bits per heavy atom. The van der Waals surface area contributed by atoms with Crippen LogP contribution in [0, 0.1) is 19.7 Å². The van der Waals surface area contributed by atoms with Gasteiger partial charge in [0.15, 0.2) is 17.5 Å². The SMILES string of the molecule is Cc1ccc([C@@H]2c3c(C)nn(-c4ccccc4)c3N=C3C(N4CCN(c5ccc(F)cc5)CC4)=Nc4ccccc4N32)cc1. The van der Waals surface area contributed by atoms with Gasteiger partial charge in [-0.05, 0) is 67.9 Å².